The van der Waals surface area contributed by atoms with E-state index in [0.29, 0.717) is 0 Å². The molecular formula is C24H25N3O. The number of rotatable bonds is 7. The summed E-state index contributed by atoms with van der Waals surface area (Å²) in [5, 5.41) is 0. The molecule has 0 unspecified atom stereocenters. The van der Waals surface area contributed by atoms with Gasteiger partial charge in [-0.2, -0.15) is 0 Å². The molecule has 4 heteroatoms. The Morgan fingerprint density at radius 1 is 1.00 bits per heavy atom. The van der Waals surface area contributed by atoms with Gasteiger partial charge in [0, 0.05) is 29.7 Å². The van der Waals surface area contributed by atoms with Crippen molar-refractivity contribution in [2.75, 3.05) is 6.61 Å². The molecule has 0 radical (unpaired) electrons. The maximum absolute atomic E-state index is 5.99. The van der Waals surface area contributed by atoms with E-state index in [0.717, 1.165) is 46.9 Å². The first-order valence-corrected chi connectivity index (χ1v) is 9.89. The van der Waals surface area contributed by atoms with Crippen molar-refractivity contribution in [3.63, 3.8) is 0 Å². The van der Waals surface area contributed by atoms with Crippen LogP contribution in [-0.2, 0) is 0 Å². The summed E-state index contributed by atoms with van der Waals surface area (Å²) in [4.78, 5) is 9.18. The third kappa shape index (κ3) is 3.77. The third-order valence-electron chi connectivity index (χ3n) is 4.85. The molecule has 4 rings (SSSR count). The highest BCUT2D eigenvalue weighted by Gasteiger charge is 2.15. The van der Waals surface area contributed by atoms with Crippen LogP contribution < -0.4 is 4.74 Å². The number of aryl methyl sites for hydroxylation is 1. The third-order valence-corrected chi connectivity index (χ3v) is 4.85. The number of fused-ring (bicyclic) bond motifs is 1. The summed E-state index contributed by atoms with van der Waals surface area (Å²) in [7, 11) is 0. The van der Waals surface area contributed by atoms with Crippen molar-refractivity contribution in [2.45, 2.75) is 33.1 Å². The van der Waals surface area contributed by atoms with Gasteiger partial charge >= 0.3 is 0 Å². The van der Waals surface area contributed by atoms with E-state index >= 15 is 0 Å². The number of nitrogens with zero attached hydrogens (tertiary/aromatic N) is 3. The summed E-state index contributed by atoms with van der Waals surface area (Å²) < 4.78 is 8.17. The topological polar surface area (TPSA) is 39.9 Å². The highest BCUT2D eigenvalue weighted by atomic mass is 16.5. The van der Waals surface area contributed by atoms with E-state index < -0.39 is 0 Å². The molecule has 0 fully saturated rings. The van der Waals surface area contributed by atoms with Gasteiger partial charge in [0.05, 0.1) is 17.6 Å². The Bertz CT molecular complexity index is 1050. The quantitative estimate of drug-likeness (QED) is 0.376. The van der Waals surface area contributed by atoms with Crippen molar-refractivity contribution < 1.29 is 4.74 Å². The van der Waals surface area contributed by atoms with Crippen LogP contribution in [0.4, 0.5) is 0 Å². The molecule has 4 nitrogen and oxygen atoms in total. The van der Waals surface area contributed by atoms with Gasteiger partial charge in [0.15, 0.2) is 0 Å². The predicted molar refractivity (Wildman–Crippen MR) is 114 cm³/mol. The Hall–Kier alpha value is -3.14. The molecule has 0 saturated carbocycles. The zero-order chi connectivity index (χ0) is 19.3. The number of pyridine rings is 1. The van der Waals surface area contributed by atoms with Crippen molar-refractivity contribution in [3.8, 4) is 22.8 Å². The normalized spacial score (nSPS) is 11.1. The fourth-order valence-electron chi connectivity index (χ4n) is 3.33. The minimum atomic E-state index is 0.744. The Balaban J connectivity index is 1.81. The van der Waals surface area contributed by atoms with Gasteiger partial charge in [-0.3, -0.25) is 9.55 Å². The van der Waals surface area contributed by atoms with Crippen molar-refractivity contribution in [3.05, 3.63) is 72.6 Å². The molecule has 0 spiro atoms. The number of unbranched alkanes of at least 4 members (excludes halogenated alkanes) is 2. The highest BCUT2D eigenvalue weighted by molar-refractivity contribution is 5.84. The number of imidazole rings is 1. The predicted octanol–water partition coefficient (Wildman–Crippen LogP) is 5.96. The molecular weight excluding hydrogens is 346 g/mol. The Morgan fingerprint density at radius 2 is 1.86 bits per heavy atom. The van der Waals surface area contributed by atoms with E-state index in [1.165, 1.54) is 18.4 Å². The lowest BCUT2D eigenvalue weighted by molar-refractivity contribution is 0.306. The molecule has 0 aliphatic rings. The second kappa shape index (κ2) is 8.26. The number of ether oxygens (including phenoxy) is 1. The molecule has 0 N–H and O–H groups in total. The van der Waals surface area contributed by atoms with Crippen molar-refractivity contribution in [1.82, 2.24) is 14.5 Å². The smallest absolute Gasteiger partial charge is 0.147 e. The van der Waals surface area contributed by atoms with Crippen LogP contribution in [0.2, 0.25) is 0 Å². The van der Waals surface area contributed by atoms with Gasteiger partial charge in [-0.05, 0) is 49.7 Å². The van der Waals surface area contributed by atoms with Gasteiger partial charge in [-0.1, -0.05) is 37.5 Å². The van der Waals surface area contributed by atoms with Crippen LogP contribution in [0.3, 0.4) is 0 Å². The number of hydrogen-bond donors (Lipinski definition) is 0. The van der Waals surface area contributed by atoms with Crippen LogP contribution in [0.25, 0.3) is 28.1 Å². The average molecular weight is 371 g/mol. The number of hydrogen-bond acceptors (Lipinski definition) is 3. The zero-order valence-corrected chi connectivity index (χ0v) is 16.4. The van der Waals surface area contributed by atoms with E-state index in [-0.39, 0.29) is 0 Å². The summed E-state index contributed by atoms with van der Waals surface area (Å²) in [6.07, 6.45) is 7.09. The van der Waals surface area contributed by atoms with Crippen LogP contribution >= 0.6 is 0 Å². The van der Waals surface area contributed by atoms with Crippen LogP contribution in [0.15, 0.2) is 67.0 Å². The molecule has 0 amide bonds. The van der Waals surface area contributed by atoms with Crippen molar-refractivity contribution >= 4 is 11.0 Å². The van der Waals surface area contributed by atoms with E-state index in [1.807, 2.05) is 30.5 Å². The Morgan fingerprint density at radius 3 is 2.61 bits per heavy atom. The second-order valence-electron chi connectivity index (χ2n) is 7.05. The summed E-state index contributed by atoms with van der Waals surface area (Å²) in [5.41, 5.74) is 5.28. The number of benzene rings is 2. The molecule has 0 saturated heterocycles. The summed E-state index contributed by atoms with van der Waals surface area (Å²) in [6.45, 7) is 5.04. The van der Waals surface area contributed by atoms with Crippen molar-refractivity contribution in [1.29, 1.82) is 0 Å². The fourth-order valence-corrected chi connectivity index (χ4v) is 3.33. The van der Waals surface area contributed by atoms with Crippen LogP contribution in [0.5, 0.6) is 5.75 Å². The molecule has 0 aliphatic heterocycles. The molecule has 2 aromatic heterocycles. The molecule has 0 bridgehead atoms. The molecule has 28 heavy (non-hydrogen) atoms. The maximum Gasteiger partial charge on any atom is 0.147 e. The number of aromatic nitrogens is 3. The molecule has 2 aromatic carbocycles. The van der Waals surface area contributed by atoms with E-state index in [1.54, 1.807) is 6.20 Å². The molecule has 142 valence electrons. The Labute approximate surface area is 165 Å². The lowest BCUT2D eigenvalue weighted by atomic mass is 10.2. The van der Waals surface area contributed by atoms with Gasteiger partial charge in [0.25, 0.3) is 0 Å². The van der Waals surface area contributed by atoms with Gasteiger partial charge in [-0.15, -0.1) is 0 Å². The van der Waals surface area contributed by atoms with Gasteiger partial charge in [-0.25, -0.2) is 4.98 Å². The van der Waals surface area contributed by atoms with Crippen LogP contribution in [0, 0.1) is 6.92 Å². The molecule has 2 heterocycles. The summed E-state index contributed by atoms with van der Waals surface area (Å²) >= 11 is 0. The van der Waals surface area contributed by atoms with Crippen LogP contribution in [0.1, 0.15) is 31.7 Å². The first kappa shape index (κ1) is 18.2. The van der Waals surface area contributed by atoms with Gasteiger partial charge in [0.1, 0.15) is 11.6 Å². The molecule has 4 aromatic rings. The highest BCUT2D eigenvalue weighted by Crippen LogP contribution is 2.30. The fraction of sp³-hybridized carbons (Fsp3) is 0.250. The first-order valence-electron chi connectivity index (χ1n) is 9.89. The van der Waals surface area contributed by atoms with E-state index in [4.69, 9.17) is 9.72 Å². The molecule has 0 aliphatic carbocycles. The lowest BCUT2D eigenvalue weighted by Crippen LogP contribution is -1.99. The Kier molecular flexibility index (Phi) is 5.38. The first-order chi connectivity index (χ1) is 13.8. The van der Waals surface area contributed by atoms with Crippen molar-refractivity contribution in [2.24, 2.45) is 0 Å². The molecule has 0 atom stereocenters. The van der Waals surface area contributed by atoms with Gasteiger partial charge < -0.3 is 4.74 Å². The largest absolute Gasteiger partial charge is 0.494 e. The monoisotopic (exact) mass is 371 g/mol. The SMILES string of the molecule is CCCCCOc1ccc2nc(-c3cccnc3)n(-c3ccc(C)cc3)c2c1. The standard InChI is InChI=1S/C24H25N3O/c1-3-4-5-15-28-21-12-13-22-23(16-21)27(20-10-8-18(2)9-11-20)24(26-22)19-7-6-14-25-17-19/h6-14,16-17H,3-5,15H2,1-2H3. The van der Waals surface area contributed by atoms with Gasteiger partial charge in [0.2, 0.25) is 0 Å². The lowest BCUT2D eigenvalue weighted by Gasteiger charge is -2.11. The summed E-state index contributed by atoms with van der Waals surface area (Å²) in [5.74, 6) is 1.77. The van der Waals surface area contributed by atoms with Crippen LogP contribution in [-0.4, -0.2) is 21.1 Å². The average Bonchev–Trinajstić information content (AvgIpc) is 3.11. The maximum atomic E-state index is 5.99. The van der Waals surface area contributed by atoms with E-state index in [9.17, 15) is 0 Å². The minimum Gasteiger partial charge on any atom is -0.494 e. The van der Waals surface area contributed by atoms with E-state index in [2.05, 4.69) is 53.7 Å². The zero-order valence-electron chi connectivity index (χ0n) is 16.4. The minimum absolute atomic E-state index is 0.744. The second-order valence-corrected chi connectivity index (χ2v) is 7.05. The summed E-state index contributed by atoms with van der Waals surface area (Å²) in [6, 6.07) is 18.6.